The van der Waals surface area contributed by atoms with Crippen molar-refractivity contribution in [2.75, 3.05) is 7.11 Å². The van der Waals surface area contributed by atoms with Crippen LogP contribution in [0.15, 0.2) is 18.2 Å². The summed E-state index contributed by atoms with van der Waals surface area (Å²) < 4.78 is 5.23. The van der Waals surface area contributed by atoms with Crippen molar-refractivity contribution >= 4 is 5.91 Å². The highest BCUT2D eigenvalue weighted by atomic mass is 16.5. The van der Waals surface area contributed by atoms with E-state index in [1.165, 1.54) is 12.1 Å². The standard InChI is InChI=1S/C13H17NO4/c1-18-10-4-2-8(6-10)14-13(17)11-5-3-9(15)7-12(11)16/h3,5,7-8,10,15-16H,2,4,6H2,1H3,(H,14,17). The van der Waals surface area contributed by atoms with Gasteiger partial charge in [-0.2, -0.15) is 0 Å². The van der Waals surface area contributed by atoms with E-state index >= 15 is 0 Å². The van der Waals surface area contributed by atoms with E-state index in [2.05, 4.69) is 5.32 Å². The lowest BCUT2D eigenvalue weighted by Gasteiger charge is -2.13. The number of carbonyl (C=O) groups is 1. The molecule has 0 bridgehead atoms. The minimum atomic E-state index is -0.325. The van der Waals surface area contributed by atoms with Gasteiger partial charge in [-0.05, 0) is 31.4 Å². The molecule has 1 fully saturated rings. The van der Waals surface area contributed by atoms with E-state index in [9.17, 15) is 9.90 Å². The lowest BCUT2D eigenvalue weighted by Crippen LogP contribution is -2.33. The number of carbonyl (C=O) groups excluding carboxylic acids is 1. The second-order valence-electron chi connectivity index (χ2n) is 4.54. The quantitative estimate of drug-likeness (QED) is 0.758. The third-order valence-corrected chi connectivity index (χ3v) is 3.28. The molecule has 0 aliphatic heterocycles. The van der Waals surface area contributed by atoms with Crippen molar-refractivity contribution < 1.29 is 19.7 Å². The van der Waals surface area contributed by atoms with Gasteiger partial charge in [-0.3, -0.25) is 4.79 Å². The molecular formula is C13H17NO4. The van der Waals surface area contributed by atoms with E-state index in [4.69, 9.17) is 9.84 Å². The number of nitrogens with one attached hydrogen (secondary N) is 1. The molecule has 5 heteroatoms. The largest absolute Gasteiger partial charge is 0.508 e. The highest BCUT2D eigenvalue weighted by Crippen LogP contribution is 2.25. The van der Waals surface area contributed by atoms with Gasteiger partial charge in [0.25, 0.3) is 5.91 Å². The summed E-state index contributed by atoms with van der Waals surface area (Å²) in [6, 6.07) is 4.02. The second-order valence-corrected chi connectivity index (χ2v) is 4.54. The van der Waals surface area contributed by atoms with Gasteiger partial charge in [0.15, 0.2) is 0 Å². The molecule has 3 N–H and O–H groups in total. The normalized spacial score (nSPS) is 22.9. The molecule has 1 aliphatic rings. The summed E-state index contributed by atoms with van der Waals surface area (Å²) in [7, 11) is 1.67. The van der Waals surface area contributed by atoms with Crippen LogP contribution < -0.4 is 5.32 Å². The number of aromatic hydroxyl groups is 2. The van der Waals surface area contributed by atoms with E-state index in [1.54, 1.807) is 7.11 Å². The Morgan fingerprint density at radius 3 is 2.78 bits per heavy atom. The Bertz CT molecular complexity index is 447. The number of hydrogen-bond donors (Lipinski definition) is 3. The first kappa shape index (κ1) is 12.7. The van der Waals surface area contributed by atoms with Gasteiger partial charge >= 0.3 is 0 Å². The van der Waals surface area contributed by atoms with Crippen LogP contribution in [-0.2, 0) is 4.74 Å². The van der Waals surface area contributed by atoms with Crippen molar-refractivity contribution in [3.05, 3.63) is 23.8 Å². The monoisotopic (exact) mass is 251 g/mol. The van der Waals surface area contributed by atoms with Crippen molar-refractivity contribution in [2.24, 2.45) is 0 Å². The predicted molar refractivity (Wildman–Crippen MR) is 65.7 cm³/mol. The van der Waals surface area contributed by atoms with Gasteiger partial charge in [-0.25, -0.2) is 0 Å². The molecule has 1 amide bonds. The molecule has 5 nitrogen and oxygen atoms in total. The van der Waals surface area contributed by atoms with E-state index in [-0.39, 0.29) is 35.1 Å². The average Bonchev–Trinajstić information content (AvgIpc) is 2.76. The summed E-state index contributed by atoms with van der Waals surface area (Å²) in [5, 5.41) is 21.6. The first-order valence-corrected chi connectivity index (χ1v) is 5.95. The summed E-state index contributed by atoms with van der Waals surface area (Å²) >= 11 is 0. The molecule has 2 atom stereocenters. The van der Waals surface area contributed by atoms with Crippen LogP contribution in [0, 0.1) is 0 Å². The Morgan fingerprint density at radius 1 is 1.39 bits per heavy atom. The minimum Gasteiger partial charge on any atom is -0.508 e. The van der Waals surface area contributed by atoms with Gasteiger partial charge in [-0.15, -0.1) is 0 Å². The van der Waals surface area contributed by atoms with Crippen molar-refractivity contribution in [1.82, 2.24) is 5.32 Å². The fourth-order valence-electron chi connectivity index (χ4n) is 2.26. The second kappa shape index (κ2) is 5.27. The molecule has 0 radical (unpaired) electrons. The van der Waals surface area contributed by atoms with Crippen LogP contribution >= 0.6 is 0 Å². The zero-order valence-electron chi connectivity index (χ0n) is 10.2. The smallest absolute Gasteiger partial charge is 0.255 e. The van der Waals surface area contributed by atoms with E-state index < -0.39 is 0 Å². The Balaban J connectivity index is 2.00. The third kappa shape index (κ3) is 2.73. The van der Waals surface area contributed by atoms with Crippen LogP contribution in [-0.4, -0.2) is 35.4 Å². The van der Waals surface area contributed by atoms with Gasteiger partial charge in [0.1, 0.15) is 11.5 Å². The molecule has 0 aromatic heterocycles. The first-order valence-electron chi connectivity index (χ1n) is 5.95. The van der Waals surface area contributed by atoms with Crippen molar-refractivity contribution in [3.63, 3.8) is 0 Å². The molecule has 18 heavy (non-hydrogen) atoms. The Hall–Kier alpha value is -1.75. The van der Waals surface area contributed by atoms with Gasteiger partial charge in [0.05, 0.1) is 11.7 Å². The third-order valence-electron chi connectivity index (χ3n) is 3.28. The number of methoxy groups -OCH3 is 1. The van der Waals surface area contributed by atoms with Crippen LogP contribution in [0.3, 0.4) is 0 Å². The van der Waals surface area contributed by atoms with Crippen molar-refractivity contribution in [1.29, 1.82) is 0 Å². The molecule has 1 aromatic rings. The van der Waals surface area contributed by atoms with Crippen LogP contribution in [0.2, 0.25) is 0 Å². The number of benzene rings is 1. The Morgan fingerprint density at radius 2 is 2.17 bits per heavy atom. The number of hydrogen-bond acceptors (Lipinski definition) is 4. The molecule has 98 valence electrons. The predicted octanol–water partition coefficient (Wildman–Crippen LogP) is 1.40. The number of ether oxygens (including phenoxy) is 1. The summed E-state index contributed by atoms with van der Waals surface area (Å²) in [5.41, 5.74) is 0.175. The van der Waals surface area contributed by atoms with Crippen LogP contribution in [0.4, 0.5) is 0 Å². The molecule has 0 spiro atoms. The van der Waals surface area contributed by atoms with Crippen LogP contribution in [0.1, 0.15) is 29.6 Å². The lowest BCUT2D eigenvalue weighted by atomic mass is 10.1. The van der Waals surface area contributed by atoms with Crippen LogP contribution in [0.25, 0.3) is 0 Å². The van der Waals surface area contributed by atoms with E-state index in [0.717, 1.165) is 25.3 Å². The summed E-state index contributed by atoms with van der Waals surface area (Å²) in [6.45, 7) is 0. The SMILES string of the molecule is COC1CCC(NC(=O)c2ccc(O)cc2O)C1. The van der Waals surface area contributed by atoms with Crippen molar-refractivity contribution in [2.45, 2.75) is 31.4 Å². The number of phenolic OH excluding ortho intramolecular Hbond substituents is 2. The maximum atomic E-state index is 11.9. The Labute approximate surface area is 105 Å². The first-order chi connectivity index (χ1) is 8.60. The van der Waals surface area contributed by atoms with Gasteiger partial charge < -0.3 is 20.3 Å². The lowest BCUT2D eigenvalue weighted by molar-refractivity contribution is 0.0912. The fourth-order valence-corrected chi connectivity index (χ4v) is 2.26. The van der Waals surface area contributed by atoms with E-state index in [1.807, 2.05) is 0 Å². The van der Waals surface area contributed by atoms with Crippen LogP contribution in [0.5, 0.6) is 11.5 Å². The molecule has 2 rings (SSSR count). The molecular weight excluding hydrogens is 234 g/mol. The zero-order valence-corrected chi connectivity index (χ0v) is 10.2. The van der Waals surface area contributed by atoms with Gasteiger partial charge in [0.2, 0.25) is 0 Å². The molecule has 1 saturated carbocycles. The molecule has 1 aliphatic carbocycles. The molecule has 2 unspecified atom stereocenters. The summed E-state index contributed by atoms with van der Waals surface area (Å²) in [4.78, 5) is 11.9. The Kier molecular flexibility index (Phi) is 3.72. The summed E-state index contributed by atoms with van der Waals surface area (Å²) in [5.74, 6) is -0.604. The molecule has 1 aromatic carbocycles. The zero-order chi connectivity index (χ0) is 13.1. The highest BCUT2D eigenvalue weighted by Gasteiger charge is 2.26. The highest BCUT2D eigenvalue weighted by molar-refractivity contribution is 5.97. The number of rotatable bonds is 3. The topological polar surface area (TPSA) is 78.8 Å². The van der Waals surface area contributed by atoms with Gasteiger partial charge in [0, 0.05) is 19.2 Å². The summed E-state index contributed by atoms with van der Waals surface area (Å²) in [6.07, 6.45) is 2.80. The fraction of sp³-hybridized carbons (Fsp3) is 0.462. The average molecular weight is 251 g/mol. The maximum absolute atomic E-state index is 11.9. The van der Waals surface area contributed by atoms with E-state index in [0.29, 0.717) is 0 Å². The minimum absolute atomic E-state index is 0.0654. The number of amides is 1. The van der Waals surface area contributed by atoms with Gasteiger partial charge in [-0.1, -0.05) is 0 Å². The van der Waals surface area contributed by atoms with Crippen molar-refractivity contribution in [3.8, 4) is 11.5 Å². The number of phenols is 2. The molecule has 0 heterocycles. The molecule has 0 saturated heterocycles. The maximum Gasteiger partial charge on any atom is 0.255 e.